The number of sulfone groups is 1. The third-order valence-corrected chi connectivity index (χ3v) is 3.69. The molecule has 1 aliphatic rings. The van der Waals surface area contributed by atoms with E-state index < -0.39 is 9.84 Å². The van der Waals surface area contributed by atoms with Gasteiger partial charge in [-0.2, -0.15) is 0 Å². The monoisotopic (exact) mass is 227 g/mol. The molecule has 1 atom stereocenters. The van der Waals surface area contributed by atoms with Crippen LogP contribution in [0.15, 0.2) is 0 Å². The largest absolute Gasteiger partial charge is 0.304 e. The maximum absolute atomic E-state index is 10.9. The molecule has 1 fully saturated rings. The first kappa shape index (κ1) is 8.49. The molecule has 60 valence electrons. The van der Waals surface area contributed by atoms with Crippen LogP contribution < -0.4 is 5.32 Å². The Hall–Kier alpha value is 0.390. The van der Waals surface area contributed by atoms with Crippen molar-refractivity contribution in [3.63, 3.8) is 0 Å². The van der Waals surface area contributed by atoms with Crippen LogP contribution in [0.4, 0.5) is 0 Å². The van der Waals surface area contributed by atoms with E-state index in [4.69, 9.17) is 0 Å². The van der Waals surface area contributed by atoms with Gasteiger partial charge in [-0.1, -0.05) is 15.9 Å². The average molecular weight is 228 g/mol. The fraction of sp³-hybridized carbons (Fsp3) is 1.00. The summed E-state index contributed by atoms with van der Waals surface area (Å²) in [6, 6.07) is 0.171. The summed E-state index contributed by atoms with van der Waals surface area (Å²) in [5.74, 6) is 0.649. The van der Waals surface area contributed by atoms with E-state index in [1.807, 2.05) is 0 Å². The van der Waals surface area contributed by atoms with Crippen LogP contribution in [0, 0.1) is 0 Å². The van der Waals surface area contributed by atoms with Gasteiger partial charge in [-0.15, -0.1) is 0 Å². The zero-order valence-corrected chi connectivity index (χ0v) is 7.91. The maximum atomic E-state index is 10.9. The summed E-state index contributed by atoms with van der Waals surface area (Å²) in [4.78, 5) is 0. The van der Waals surface area contributed by atoms with Gasteiger partial charge in [-0.05, 0) is 6.42 Å². The molecular weight excluding hydrogens is 218 g/mol. The van der Waals surface area contributed by atoms with Crippen LogP contribution in [-0.2, 0) is 9.84 Å². The topological polar surface area (TPSA) is 46.2 Å². The second-order valence-electron chi connectivity index (χ2n) is 2.44. The number of hydrogen-bond acceptors (Lipinski definition) is 3. The van der Waals surface area contributed by atoms with Crippen molar-refractivity contribution in [1.29, 1.82) is 0 Å². The minimum Gasteiger partial charge on any atom is -0.304 e. The highest BCUT2D eigenvalue weighted by Gasteiger charge is 2.26. The first-order valence-electron chi connectivity index (χ1n) is 3.14. The zero-order chi connectivity index (χ0) is 7.61. The van der Waals surface area contributed by atoms with Crippen LogP contribution in [0.1, 0.15) is 6.42 Å². The summed E-state index contributed by atoms with van der Waals surface area (Å²) in [5, 5.41) is 3.04. The number of rotatable bonds is 2. The molecule has 0 aromatic rings. The van der Waals surface area contributed by atoms with Gasteiger partial charge in [0.05, 0.1) is 17.0 Å². The van der Waals surface area contributed by atoms with Gasteiger partial charge in [0.25, 0.3) is 0 Å². The summed E-state index contributed by atoms with van der Waals surface area (Å²) in [7, 11) is -2.70. The first-order chi connectivity index (χ1) is 4.64. The van der Waals surface area contributed by atoms with Crippen LogP contribution in [0.25, 0.3) is 0 Å². The highest BCUT2D eigenvalue weighted by Crippen LogP contribution is 2.10. The fourth-order valence-corrected chi connectivity index (χ4v) is 3.23. The predicted molar refractivity (Wildman–Crippen MR) is 44.0 cm³/mol. The zero-order valence-electron chi connectivity index (χ0n) is 5.51. The van der Waals surface area contributed by atoms with E-state index in [0.29, 0.717) is 17.0 Å². The molecule has 10 heavy (non-hydrogen) atoms. The van der Waals surface area contributed by atoms with Crippen LogP contribution in [0.3, 0.4) is 0 Å². The summed E-state index contributed by atoms with van der Waals surface area (Å²) in [6.07, 6.45) is 0.758. The average Bonchev–Trinajstić information content (AvgIpc) is 2.12. The van der Waals surface area contributed by atoms with Crippen LogP contribution in [-0.4, -0.2) is 31.4 Å². The van der Waals surface area contributed by atoms with Crippen molar-refractivity contribution < 1.29 is 8.42 Å². The summed E-state index contributed by atoms with van der Waals surface area (Å²) in [5.41, 5.74) is 0.674. The Balaban J connectivity index is 2.44. The molecule has 0 aromatic carbocycles. The van der Waals surface area contributed by atoms with Crippen molar-refractivity contribution in [3.8, 4) is 0 Å². The van der Waals surface area contributed by atoms with Crippen molar-refractivity contribution in [2.24, 2.45) is 0 Å². The molecule has 1 heterocycles. The molecule has 1 unspecified atom stereocenters. The van der Waals surface area contributed by atoms with Crippen molar-refractivity contribution in [2.45, 2.75) is 12.5 Å². The second-order valence-corrected chi connectivity index (χ2v) is 5.23. The van der Waals surface area contributed by atoms with Crippen LogP contribution in [0.5, 0.6) is 0 Å². The Labute approximate surface area is 69.2 Å². The summed E-state index contributed by atoms with van der Waals surface area (Å²) < 4.78 is 21.7. The third kappa shape index (κ3) is 2.21. The summed E-state index contributed by atoms with van der Waals surface area (Å²) >= 11 is 3.19. The molecule has 3 nitrogen and oxygen atoms in total. The summed E-state index contributed by atoms with van der Waals surface area (Å²) in [6.45, 7) is 0. The van der Waals surface area contributed by atoms with Crippen LogP contribution >= 0.6 is 15.9 Å². The van der Waals surface area contributed by atoms with E-state index in [9.17, 15) is 8.42 Å². The van der Waals surface area contributed by atoms with Gasteiger partial charge in [0.1, 0.15) is 0 Å². The van der Waals surface area contributed by atoms with Gasteiger partial charge >= 0.3 is 0 Å². The standard InChI is InChI=1S/C5H10BrNO2S/c6-4-7-5-1-2-10(8,9)3-5/h5,7H,1-4H2. The van der Waals surface area contributed by atoms with Crippen molar-refractivity contribution in [3.05, 3.63) is 0 Å². The highest BCUT2D eigenvalue weighted by atomic mass is 79.9. The number of hydrogen-bond donors (Lipinski definition) is 1. The molecule has 0 bridgehead atoms. The molecule has 0 saturated carbocycles. The van der Waals surface area contributed by atoms with Crippen molar-refractivity contribution >= 4 is 25.8 Å². The van der Waals surface area contributed by atoms with Crippen molar-refractivity contribution in [2.75, 3.05) is 17.0 Å². The highest BCUT2D eigenvalue weighted by molar-refractivity contribution is 9.09. The molecule has 5 heteroatoms. The van der Waals surface area contributed by atoms with Gasteiger partial charge < -0.3 is 5.32 Å². The Kier molecular flexibility index (Phi) is 2.71. The molecule has 0 aromatic heterocycles. The van der Waals surface area contributed by atoms with Gasteiger partial charge in [0, 0.05) is 6.04 Å². The van der Waals surface area contributed by atoms with E-state index in [1.54, 1.807) is 0 Å². The van der Waals surface area contributed by atoms with Gasteiger partial charge in [0.15, 0.2) is 9.84 Å². The van der Waals surface area contributed by atoms with E-state index in [1.165, 1.54) is 0 Å². The van der Waals surface area contributed by atoms with Crippen LogP contribution in [0.2, 0.25) is 0 Å². The Morgan fingerprint density at radius 1 is 1.60 bits per heavy atom. The molecular formula is C5H10BrNO2S. The molecule has 1 rings (SSSR count). The van der Waals surface area contributed by atoms with Gasteiger partial charge in [0.2, 0.25) is 0 Å². The lowest BCUT2D eigenvalue weighted by atomic mass is 10.3. The molecule has 0 amide bonds. The molecule has 1 saturated heterocycles. The molecule has 0 aliphatic carbocycles. The Bertz CT molecular complexity index is 202. The van der Waals surface area contributed by atoms with Gasteiger partial charge in [-0.25, -0.2) is 8.42 Å². The Morgan fingerprint density at radius 2 is 2.30 bits per heavy atom. The number of halogens is 1. The lowest BCUT2D eigenvalue weighted by molar-refractivity contribution is 0.594. The molecule has 0 radical (unpaired) electrons. The number of alkyl halides is 1. The smallest absolute Gasteiger partial charge is 0.151 e. The quantitative estimate of drug-likeness (QED) is 0.539. The second kappa shape index (κ2) is 3.19. The van der Waals surface area contributed by atoms with E-state index >= 15 is 0 Å². The Morgan fingerprint density at radius 3 is 2.70 bits per heavy atom. The number of nitrogens with one attached hydrogen (secondary N) is 1. The van der Waals surface area contributed by atoms with Crippen molar-refractivity contribution in [1.82, 2.24) is 5.32 Å². The third-order valence-electron chi connectivity index (χ3n) is 1.60. The molecule has 0 spiro atoms. The van der Waals surface area contributed by atoms with Gasteiger partial charge in [-0.3, -0.25) is 0 Å². The normalized spacial score (nSPS) is 30.7. The maximum Gasteiger partial charge on any atom is 0.151 e. The molecule has 1 N–H and O–H groups in total. The predicted octanol–water partition coefficient (Wildman–Crippen LogP) is 0.116. The lowest BCUT2D eigenvalue weighted by Crippen LogP contribution is -2.28. The lowest BCUT2D eigenvalue weighted by Gasteiger charge is -2.04. The van der Waals surface area contributed by atoms with E-state index in [2.05, 4.69) is 21.2 Å². The first-order valence-corrected chi connectivity index (χ1v) is 6.08. The van der Waals surface area contributed by atoms with E-state index in [-0.39, 0.29) is 6.04 Å². The minimum atomic E-state index is -2.70. The van der Waals surface area contributed by atoms with E-state index in [0.717, 1.165) is 6.42 Å². The molecule has 1 aliphatic heterocycles. The minimum absolute atomic E-state index is 0.171. The SMILES string of the molecule is O=S1(=O)CCC(NCBr)C1. The fourth-order valence-electron chi connectivity index (χ4n) is 1.07.